The Bertz CT molecular complexity index is 719. The maximum Gasteiger partial charge on any atom is 0.167 e. The molecule has 0 unspecified atom stereocenters. The monoisotopic (exact) mass is 277 g/mol. The number of rotatable bonds is 5. The quantitative estimate of drug-likeness (QED) is 0.710. The van der Waals surface area contributed by atoms with Gasteiger partial charge in [-0.25, -0.2) is 0 Å². The Balaban J connectivity index is 1.85. The minimum atomic E-state index is 0.824. The smallest absolute Gasteiger partial charge is 0.167 e. The van der Waals surface area contributed by atoms with E-state index in [2.05, 4.69) is 55.1 Å². The van der Waals surface area contributed by atoms with Gasteiger partial charge in [0.05, 0.1) is 0 Å². The molecule has 1 aromatic carbocycles. The summed E-state index contributed by atoms with van der Waals surface area (Å²) in [6, 6.07) is 8.46. The van der Waals surface area contributed by atoms with E-state index in [1.165, 1.54) is 11.1 Å². The largest absolute Gasteiger partial charge is 0.356 e. The van der Waals surface area contributed by atoms with Crippen LogP contribution < -0.4 is 0 Å². The molecule has 0 bridgehead atoms. The van der Waals surface area contributed by atoms with Gasteiger partial charge in [-0.3, -0.25) is 0 Å². The highest BCUT2D eigenvalue weighted by atomic mass is 16.5. The van der Waals surface area contributed by atoms with E-state index in [9.17, 15) is 0 Å². The van der Waals surface area contributed by atoms with Gasteiger partial charge in [0.15, 0.2) is 5.76 Å². The topological polar surface area (TPSA) is 26.0 Å². The molecule has 106 valence electrons. The number of hydrogen-bond acceptors (Lipinski definition) is 2. The zero-order valence-corrected chi connectivity index (χ0v) is 12.3. The van der Waals surface area contributed by atoms with Gasteiger partial charge in [0.2, 0.25) is 0 Å². The second-order valence-corrected chi connectivity index (χ2v) is 5.34. The zero-order valence-electron chi connectivity index (χ0n) is 12.3. The van der Waals surface area contributed by atoms with Crippen molar-refractivity contribution in [3.63, 3.8) is 0 Å². The molecule has 0 aliphatic heterocycles. The van der Waals surface area contributed by atoms with Crippen molar-refractivity contribution in [2.75, 3.05) is 0 Å². The van der Waals surface area contributed by atoms with Crippen LogP contribution in [0, 0.1) is 6.92 Å². The molecule has 1 aliphatic carbocycles. The SMILES string of the molecule is C=CCCc1ccc(-c2cc(C3=CCC=C3)no2)cc1C. The van der Waals surface area contributed by atoms with Gasteiger partial charge in [0.1, 0.15) is 5.69 Å². The molecule has 0 atom stereocenters. The van der Waals surface area contributed by atoms with Crippen molar-refractivity contribution in [3.8, 4) is 11.3 Å². The molecule has 0 amide bonds. The van der Waals surface area contributed by atoms with Gasteiger partial charge in [-0.05, 0) is 49.0 Å². The predicted molar refractivity (Wildman–Crippen MR) is 86.9 cm³/mol. The van der Waals surface area contributed by atoms with Crippen LogP contribution in [0.4, 0.5) is 0 Å². The van der Waals surface area contributed by atoms with Crippen LogP contribution in [0.1, 0.15) is 29.7 Å². The Labute approximate surface area is 125 Å². The van der Waals surface area contributed by atoms with Crippen LogP contribution >= 0.6 is 0 Å². The summed E-state index contributed by atoms with van der Waals surface area (Å²) in [5.74, 6) is 0.824. The summed E-state index contributed by atoms with van der Waals surface area (Å²) < 4.78 is 5.50. The molecule has 1 heterocycles. The third-order valence-corrected chi connectivity index (χ3v) is 3.82. The van der Waals surface area contributed by atoms with Gasteiger partial charge in [-0.15, -0.1) is 6.58 Å². The average molecular weight is 277 g/mol. The Morgan fingerprint density at radius 2 is 2.24 bits per heavy atom. The third-order valence-electron chi connectivity index (χ3n) is 3.82. The summed E-state index contributed by atoms with van der Waals surface area (Å²) in [5.41, 5.74) is 5.78. The second-order valence-electron chi connectivity index (χ2n) is 5.34. The van der Waals surface area contributed by atoms with Crippen LogP contribution in [-0.2, 0) is 6.42 Å². The molecule has 2 heteroatoms. The van der Waals surface area contributed by atoms with E-state index in [0.717, 1.165) is 41.9 Å². The van der Waals surface area contributed by atoms with Crippen LogP contribution in [0.15, 0.2) is 59.7 Å². The third kappa shape index (κ3) is 2.89. The van der Waals surface area contributed by atoms with Gasteiger partial charge in [0.25, 0.3) is 0 Å². The molecule has 2 aromatic rings. The van der Waals surface area contributed by atoms with E-state index in [1.807, 2.05) is 12.1 Å². The van der Waals surface area contributed by atoms with E-state index >= 15 is 0 Å². The molecule has 2 nitrogen and oxygen atoms in total. The van der Waals surface area contributed by atoms with Gasteiger partial charge in [-0.2, -0.15) is 0 Å². The Hall–Kier alpha value is -2.35. The Morgan fingerprint density at radius 3 is 2.95 bits per heavy atom. The lowest BCUT2D eigenvalue weighted by Crippen LogP contribution is -1.89. The number of aromatic nitrogens is 1. The molecule has 0 saturated carbocycles. The highest BCUT2D eigenvalue weighted by Gasteiger charge is 2.11. The normalized spacial score (nSPS) is 13.5. The molecule has 0 fully saturated rings. The van der Waals surface area contributed by atoms with Crippen molar-refractivity contribution in [1.29, 1.82) is 0 Å². The minimum Gasteiger partial charge on any atom is -0.356 e. The number of aryl methyl sites for hydroxylation is 2. The number of nitrogens with zero attached hydrogens (tertiary/aromatic N) is 1. The van der Waals surface area contributed by atoms with Crippen molar-refractivity contribution in [1.82, 2.24) is 5.16 Å². The lowest BCUT2D eigenvalue weighted by Gasteiger charge is -2.05. The molecule has 1 aromatic heterocycles. The Morgan fingerprint density at radius 1 is 1.33 bits per heavy atom. The van der Waals surface area contributed by atoms with Crippen LogP contribution in [0.2, 0.25) is 0 Å². The number of benzene rings is 1. The summed E-state index contributed by atoms with van der Waals surface area (Å²) >= 11 is 0. The molecule has 0 N–H and O–H groups in total. The lowest BCUT2D eigenvalue weighted by molar-refractivity contribution is 0.430. The standard InChI is InChI=1S/C19H19NO/c1-3-4-7-15-10-11-17(12-14(15)2)19-13-18(20-21-19)16-8-5-6-9-16/h3,5,8-13H,1,4,6-7H2,2H3. The van der Waals surface area contributed by atoms with Gasteiger partial charge >= 0.3 is 0 Å². The van der Waals surface area contributed by atoms with Crippen LogP contribution in [0.5, 0.6) is 0 Å². The summed E-state index contributed by atoms with van der Waals surface area (Å²) in [6.07, 6.45) is 11.4. The van der Waals surface area contributed by atoms with Crippen molar-refractivity contribution in [2.45, 2.75) is 26.2 Å². The van der Waals surface area contributed by atoms with Crippen molar-refractivity contribution >= 4 is 5.57 Å². The first-order valence-electron chi connectivity index (χ1n) is 7.32. The fourth-order valence-electron chi connectivity index (χ4n) is 2.58. The molecule has 21 heavy (non-hydrogen) atoms. The fourth-order valence-corrected chi connectivity index (χ4v) is 2.58. The second kappa shape index (κ2) is 5.96. The number of hydrogen-bond donors (Lipinski definition) is 0. The lowest BCUT2D eigenvalue weighted by atomic mass is 10.00. The average Bonchev–Trinajstić information content (AvgIpc) is 3.16. The molecule has 0 spiro atoms. The highest BCUT2D eigenvalue weighted by Crippen LogP contribution is 2.28. The number of allylic oxidation sites excluding steroid dienone is 5. The maximum atomic E-state index is 5.50. The van der Waals surface area contributed by atoms with Crippen LogP contribution in [0.25, 0.3) is 16.9 Å². The first-order chi connectivity index (χ1) is 10.3. The van der Waals surface area contributed by atoms with Crippen LogP contribution in [0.3, 0.4) is 0 Å². The van der Waals surface area contributed by atoms with Gasteiger partial charge in [0, 0.05) is 11.6 Å². The minimum absolute atomic E-state index is 0.824. The molecular weight excluding hydrogens is 258 g/mol. The van der Waals surface area contributed by atoms with Gasteiger partial charge in [-0.1, -0.05) is 41.6 Å². The first kappa shape index (κ1) is 13.6. The molecule has 0 radical (unpaired) electrons. The van der Waals surface area contributed by atoms with Crippen LogP contribution in [-0.4, -0.2) is 5.16 Å². The Kier molecular flexibility index (Phi) is 3.87. The highest BCUT2D eigenvalue weighted by molar-refractivity contribution is 5.76. The fraction of sp³-hybridized carbons (Fsp3) is 0.211. The van der Waals surface area contributed by atoms with E-state index in [1.54, 1.807) is 0 Å². The maximum absolute atomic E-state index is 5.50. The summed E-state index contributed by atoms with van der Waals surface area (Å²) in [4.78, 5) is 0. The van der Waals surface area contributed by atoms with Crippen molar-refractivity contribution < 1.29 is 4.52 Å². The van der Waals surface area contributed by atoms with E-state index in [0.29, 0.717) is 0 Å². The predicted octanol–water partition coefficient (Wildman–Crippen LogP) is 5.11. The molecule has 1 aliphatic rings. The van der Waals surface area contributed by atoms with E-state index in [-0.39, 0.29) is 0 Å². The van der Waals surface area contributed by atoms with Crippen molar-refractivity contribution in [3.05, 3.63) is 72.0 Å². The summed E-state index contributed by atoms with van der Waals surface area (Å²) in [7, 11) is 0. The molecule has 3 rings (SSSR count). The first-order valence-corrected chi connectivity index (χ1v) is 7.32. The van der Waals surface area contributed by atoms with E-state index < -0.39 is 0 Å². The summed E-state index contributed by atoms with van der Waals surface area (Å²) in [6.45, 7) is 5.92. The summed E-state index contributed by atoms with van der Waals surface area (Å²) in [5, 5.41) is 4.17. The molecular formula is C19H19NO. The molecule has 0 saturated heterocycles. The van der Waals surface area contributed by atoms with E-state index in [4.69, 9.17) is 4.52 Å². The zero-order chi connectivity index (χ0) is 14.7. The van der Waals surface area contributed by atoms with Crippen molar-refractivity contribution in [2.24, 2.45) is 0 Å². The van der Waals surface area contributed by atoms with Gasteiger partial charge < -0.3 is 4.52 Å².